The van der Waals surface area contributed by atoms with E-state index >= 15 is 0 Å². The molecule has 0 bridgehead atoms. The van der Waals surface area contributed by atoms with Gasteiger partial charge in [0.25, 0.3) is 11.8 Å². The van der Waals surface area contributed by atoms with Crippen LogP contribution in [0.3, 0.4) is 0 Å². The van der Waals surface area contributed by atoms with Crippen LogP contribution in [0.1, 0.15) is 28.8 Å². The number of hydrogen-bond donors (Lipinski definition) is 3. The van der Waals surface area contributed by atoms with Gasteiger partial charge in [-0.3, -0.25) is 9.59 Å². The lowest BCUT2D eigenvalue weighted by Gasteiger charge is -2.35. The zero-order valence-corrected chi connectivity index (χ0v) is 16.6. The molecule has 0 aromatic heterocycles. The van der Waals surface area contributed by atoms with Crippen LogP contribution in [0.2, 0.25) is 0 Å². The number of nitrogens with zero attached hydrogens (tertiary/aromatic N) is 2. The van der Waals surface area contributed by atoms with E-state index in [0.717, 1.165) is 6.07 Å². The van der Waals surface area contributed by atoms with Crippen molar-refractivity contribution in [1.29, 1.82) is 0 Å². The molecule has 1 aliphatic heterocycles. The smallest absolute Gasteiger partial charge is 0.384 e. The molecule has 0 radical (unpaired) electrons. The molecule has 4 rings (SSSR count). The van der Waals surface area contributed by atoms with E-state index in [-0.39, 0.29) is 17.4 Å². The minimum Gasteiger partial charge on any atom is -0.507 e. The van der Waals surface area contributed by atoms with Gasteiger partial charge in [0.15, 0.2) is 0 Å². The number of aliphatic hydroxyl groups is 2. The Morgan fingerprint density at radius 2 is 1.52 bits per heavy atom. The highest BCUT2D eigenvalue weighted by Gasteiger charge is 2.50. The Morgan fingerprint density at radius 1 is 0.935 bits per heavy atom. The van der Waals surface area contributed by atoms with Crippen LogP contribution in [0.25, 0.3) is 11.1 Å². The van der Waals surface area contributed by atoms with E-state index in [1.54, 1.807) is 9.80 Å². The summed E-state index contributed by atoms with van der Waals surface area (Å²) in [6.07, 6.45) is -3.22. The van der Waals surface area contributed by atoms with E-state index < -0.39 is 23.0 Å². The predicted octanol–water partition coefficient (Wildman–Crippen LogP) is 1.91. The molecular weight excluding hydrogens is 410 g/mol. The Hall–Kier alpha value is -3.04. The Morgan fingerprint density at radius 3 is 2.06 bits per heavy atom. The van der Waals surface area contributed by atoms with Crippen molar-refractivity contribution >= 4 is 11.8 Å². The van der Waals surface area contributed by atoms with Gasteiger partial charge in [-0.15, -0.1) is 0 Å². The normalized spacial score (nSPS) is 18.1. The minimum absolute atomic E-state index is 0.107. The molecule has 0 atom stereocenters. The molecule has 2 fully saturated rings. The van der Waals surface area contributed by atoms with E-state index in [9.17, 15) is 28.6 Å². The fourth-order valence-corrected chi connectivity index (χ4v) is 3.73. The van der Waals surface area contributed by atoms with E-state index in [4.69, 9.17) is 5.11 Å². The van der Waals surface area contributed by atoms with Gasteiger partial charge in [0, 0.05) is 37.3 Å². The summed E-state index contributed by atoms with van der Waals surface area (Å²) in [5.74, 6) is -1.24. The van der Waals surface area contributed by atoms with Crippen molar-refractivity contribution in [3.63, 3.8) is 0 Å². The number of piperazine rings is 1. The molecule has 2 amide bonds. The summed E-state index contributed by atoms with van der Waals surface area (Å²) in [7, 11) is 0. The highest BCUT2D eigenvalue weighted by molar-refractivity contribution is 5.95. The lowest BCUT2D eigenvalue weighted by molar-refractivity contribution is -0.209. The number of amides is 2. The second kappa shape index (κ2) is 7.58. The Bertz CT molecular complexity index is 1010. The Kier molecular flexibility index (Phi) is 5.18. The van der Waals surface area contributed by atoms with Crippen LogP contribution in [0.15, 0.2) is 42.5 Å². The highest BCUT2D eigenvalue weighted by Crippen LogP contribution is 2.39. The number of alkyl halides is 2. The van der Waals surface area contributed by atoms with Crippen molar-refractivity contribution in [3.05, 3.63) is 53.6 Å². The number of rotatable bonds is 4. The van der Waals surface area contributed by atoms with Crippen molar-refractivity contribution in [3.8, 4) is 16.9 Å². The standard InChI is InChI=1S/C22H22F2N2O5/c23-22(24,31)17-3-1-2-16(18(17)27)14-4-6-15(7-5-14)19(28)25-10-12-26(13-11-25)20(29)21(30)8-9-21/h1-7,27,30-31H,8-13H2. The summed E-state index contributed by atoms with van der Waals surface area (Å²) >= 11 is 0. The van der Waals surface area contributed by atoms with Gasteiger partial charge < -0.3 is 25.1 Å². The van der Waals surface area contributed by atoms with Crippen LogP contribution >= 0.6 is 0 Å². The summed E-state index contributed by atoms with van der Waals surface area (Å²) < 4.78 is 26.5. The number of halogens is 2. The maximum Gasteiger partial charge on any atom is 0.384 e. The third-order valence-electron chi connectivity index (χ3n) is 5.78. The lowest BCUT2D eigenvalue weighted by Crippen LogP contribution is -2.53. The molecule has 3 N–H and O–H groups in total. The van der Waals surface area contributed by atoms with E-state index in [1.165, 1.54) is 36.4 Å². The second-order valence-electron chi connectivity index (χ2n) is 7.94. The number of hydrogen-bond acceptors (Lipinski definition) is 5. The van der Waals surface area contributed by atoms with Gasteiger partial charge >= 0.3 is 6.11 Å². The minimum atomic E-state index is -4.17. The first-order valence-corrected chi connectivity index (χ1v) is 9.94. The summed E-state index contributed by atoms with van der Waals surface area (Å²) in [6, 6.07) is 9.80. The molecule has 1 saturated carbocycles. The molecule has 31 heavy (non-hydrogen) atoms. The molecule has 164 valence electrons. The zero-order valence-electron chi connectivity index (χ0n) is 16.6. The predicted molar refractivity (Wildman–Crippen MR) is 106 cm³/mol. The maximum atomic E-state index is 13.2. The lowest BCUT2D eigenvalue weighted by atomic mass is 9.99. The number of phenols is 1. The molecule has 9 heteroatoms. The Labute approximate surface area is 177 Å². The van der Waals surface area contributed by atoms with Crippen LogP contribution in [-0.4, -0.2) is 68.7 Å². The van der Waals surface area contributed by atoms with Gasteiger partial charge in [-0.1, -0.05) is 24.3 Å². The molecule has 0 spiro atoms. The van der Waals surface area contributed by atoms with Crippen molar-refractivity contribution < 1.29 is 33.7 Å². The molecule has 1 heterocycles. The fraction of sp³-hybridized carbons (Fsp3) is 0.364. The number of carbonyl (C=O) groups is 2. The van der Waals surface area contributed by atoms with Gasteiger partial charge in [0.05, 0.1) is 5.56 Å². The number of para-hydroxylation sites is 1. The maximum absolute atomic E-state index is 13.2. The molecule has 0 unspecified atom stereocenters. The van der Waals surface area contributed by atoms with Crippen LogP contribution in [0.4, 0.5) is 8.78 Å². The van der Waals surface area contributed by atoms with Gasteiger partial charge in [0.1, 0.15) is 11.4 Å². The summed E-state index contributed by atoms with van der Waals surface area (Å²) in [5, 5.41) is 29.0. The zero-order chi connectivity index (χ0) is 22.4. The van der Waals surface area contributed by atoms with Gasteiger partial charge in [-0.2, -0.15) is 8.78 Å². The fourth-order valence-electron chi connectivity index (χ4n) is 3.73. The van der Waals surface area contributed by atoms with E-state index in [1.807, 2.05) is 0 Å². The van der Waals surface area contributed by atoms with Gasteiger partial charge in [-0.25, -0.2) is 0 Å². The molecule has 1 aliphatic carbocycles. The third kappa shape index (κ3) is 4.11. The average Bonchev–Trinajstić information content (AvgIpc) is 3.51. The van der Waals surface area contributed by atoms with Gasteiger partial charge in [-0.05, 0) is 36.6 Å². The molecule has 2 aliphatic rings. The molecule has 2 aromatic carbocycles. The van der Waals surface area contributed by atoms with Crippen LogP contribution in [-0.2, 0) is 10.9 Å². The number of aromatic hydroxyl groups is 1. The molecular formula is C22H22F2N2O5. The third-order valence-corrected chi connectivity index (χ3v) is 5.78. The van der Waals surface area contributed by atoms with Crippen LogP contribution in [0, 0.1) is 0 Å². The Balaban J connectivity index is 1.44. The van der Waals surface area contributed by atoms with E-state index in [2.05, 4.69) is 0 Å². The first-order valence-electron chi connectivity index (χ1n) is 9.94. The molecule has 1 saturated heterocycles. The first kappa shape index (κ1) is 21.2. The quantitative estimate of drug-likeness (QED) is 0.685. The number of benzene rings is 2. The number of phenolic OH excluding ortho intramolecular Hbond substituents is 1. The second-order valence-corrected chi connectivity index (χ2v) is 7.94. The highest BCUT2D eigenvalue weighted by atomic mass is 19.3. The van der Waals surface area contributed by atoms with E-state index in [0.29, 0.717) is 50.1 Å². The molecule has 2 aromatic rings. The monoisotopic (exact) mass is 432 g/mol. The van der Waals surface area contributed by atoms with Crippen molar-refractivity contribution in [2.45, 2.75) is 24.6 Å². The van der Waals surface area contributed by atoms with Crippen molar-refractivity contribution in [1.82, 2.24) is 9.80 Å². The summed E-state index contributed by atoms with van der Waals surface area (Å²) in [4.78, 5) is 28.2. The topological polar surface area (TPSA) is 101 Å². The largest absolute Gasteiger partial charge is 0.507 e. The molecule has 7 nitrogen and oxygen atoms in total. The number of carbonyl (C=O) groups excluding carboxylic acids is 2. The van der Waals surface area contributed by atoms with Crippen LogP contribution < -0.4 is 0 Å². The van der Waals surface area contributed by atoms with Crippen molar-refractivity contribution in [2.75, 3.05) is 26.2 Å². The summed E-state index contributed by atoms with van der Waals surface area (Å²) in [5.41, 5.74) is -1.21. The van der Waals surface area contributed by atoms with Crippen LogP contribution in [0.5, 0.6) is 5.75 Å². The first-order chi connectivity index (χ1) is 14.6. The summed E-state index contributed by atoms with van der Waals surface area (Å²) in [6.45, 7) is 1.38. The van der Waals surface area contributed by atoms with Crippen molar-refractivity contribution in [2.24, 2.45) is 0 Å². The SMILES string of the molecule is O=C(c1ccc(-c2cccc(C(O)(F)F)c2O)cc1)N1CCN(C(=O)C2(O)CC2)CC1. The van der Waals surface area contributed by atoms with Gasteiger partial charge in [0.2, 0.25) is 0 Å². The average molecular weight is 432 g/mol.